The topological polar surface area (TPSA) is 75.6 Å². The molecule has 2 aromatic heterocycles. The van der Waals surface area contributed by atoms with Crippen molar-refractivity contribution in [2.24, 2.45) is 0 Å². The third-order valence-corrected chi connectivity index (χ3v) is 6.04. The first-order chi connectivity index (χ1) is 10.5. The summed E-state index contributed by atoms with van der Waals surface area (Å²) < 4.78 is 6.26. The summed E-state index contributed by atoms with van der Waals surface area (Å²) in [6.45, 7) is 4.87. The average Bonchev–Trinajstić information content (AvgIpc) is 3.12. The van der Waals surface area contributed by atoms with Crippen LogP contribution >= 0.6 is 22.7 Å². The summed E-state index contributed by atoms with van der Waals surface area (Å²) in [6.07, 6.45) is 3.23. The summed E-state index contributed by atoms with van der Waals surface area (Å²) in [5.74, 6) is -1.08. The number of carbonyl (C=O) groups is 2. The van der Waals surface area contributed by atoms with E-state index in [4.69, 9.17) is 9.84 Å². The quantitative estimate of drug-likeness (QED) is 0.822. The molecule has 3 rings (SSSR count). The van der Waals surface area contributed by atoms with E-state index in [1.807, 2.05) is 0 Å². The van der Waals surface area contributed by atoms with Crippen LogP contribution in [0.1, 0.15) is 32.2 Å². The van der Waals surface area contributed by atoms with E-state index in [1.54, 1.807) is 18.2 Å². The van der Waals surface area contributed by atoms with Gasteiger partial charge in [-0.1, -0.05) is 6.08 Å². The Hall–Kier alpha value is -1.70. The van der Waals surface area contributed by atoms with Gasteiger partial charge in [-0.05, 0) is 25.0 Å². The van der Waals surface area contributed by atoms with E-state index in [2.05, 4.69) is 11.9 Å². The van der Waals surface area contributed by atoms with Gasteiger partial charge in [-0.2, -0.15) is 0 Å². The standard InChI is InChI=1S/C15H15NO4S2/c1-2-3-15(4-5-20-8-15)16-12(17)10-6-9-7-11(13(18)19)22-14(9)21-10/h2,6-7H,1,3-5,8H2,(H,16,17)(H,18,19). The second kappa shape index (κ2) is 5.83. The Balaban J connectivity index is 1.81. The molecule has 1 amide bonds. The highest BCUT2D eigenvalue weighted by Crippen LogP contribution is 2.34. The third-order valence-electron chi connectivity index (χ3n) is 3.67. The Morgan fingerprint density at radius 3 is 2.73 bits per heavy atom. The lowest BCUT2D eigenvalue weighted by Gasteiger charge is -2.27. The molecule has 0 spiro atoms. The SMILES string of the molecule is C=CCC1(NC(=O)c2cc3cc(C(=O)O)sc3s2)CCOC1. The van der Waals surface area contributed by atoms with Crippen molar-refractivity contribution in [3.8, 4) is 0 Å². The Morgan fingerprint density at radius 1 is 1.41 bits per heavy atom. The molecule has 1 unspecified atom stereocenters. The van der Waals surface area contributed by atoms with Gasteiger partial charge in [-0.3, -0.25) is 4.79 Å². The largest absolute Gasteiger partial charge is 0.477 e. The Labute approximate surface area is 135 Å². The number of carboxylic acids is 1. The molecular formula is C15H15NO4S2. The fourth-order valence-corrected chi connectivity index (χ4v) is 4.73. The molecule has 1 aliphatic heterocycles. The molecule has 7 heteroatoms. The maximum atomic E-state index is 12.5. The molecule has 0 saturated carbocycles. The zero-order valence-electron chi connectivity index (χ0n) is 11.8. The van der Waals surface area contributed by atoms with Gasteiger partial charge in [-0.25, -0.2) is 4.79 Å². The van der Waals surface area contributed by atoms with Gasteiger partial charge in [0.25, 0.3) is 5.91 Å². The lowest BCUT2D eigenvalue weighted by atomic mass is 9.94. The summed E-state index contributed by atoms with van der Waals surface area (Å²) in [7, 11) is 0. The molecule has 1 fully saturated rings. The number of nitrogens with one attached hydrogen (secondary N) is 1. The molecule has 0 radical (unpaired) electrons. The molecule has 0 aliphatic carbocycles. The Morgan fingerprint density at radius 2 is 2.14 bits per heavy atom. The second-order valence-electron chi connectivity index (χ2n) is 5.30. The summed E-state index contributed by atoms with van der Waals surface area (Å²) in [5.41, 5.74) is -0.373. The highest BCUT2D eigenvalue weighted by molar-refractivity contribution is 7.39. The van der Waals surface area contributed by atoms with Crippen molar-refractivity contribution in [2.45, 2.75) is 18.4 Å². The summed E-state index contributed by atoms with van der Waals surface area (Å²) >= 11 is 2.51. The first kappa shape index (κ1) is 15.2. The van der Waals surface area contributed by atoms with Crippen LogP contribution in [0.4, 0.5) is 0 Å². The van der Waals surface area contributed by atoms with Crippen LogP contribution in [0.2, 0.25) is 0 Å². The van der Waals surface area contributed by atoms with Crippen molar-refractivity contribution in [3.05, 3.63) is 34.5 Å². The summed E-state index contributed by atoms with van der Waals surface area (Å²) in [6, 6.07) is 3.35. The van der Waals surface area contributed by atoms with Crippen molar-refractivity contribution in [2.75, 3.05) is 13.2 Å². The van der Waals surface area contributed by atoms with Gasteiger partial charge in [0.05, 0.1) is 21.0 Å². The fourth-order valence-electron chi connectivity index (χ4n) is 2.55. The smallest absolute Gasteiger partial charge is 0.345 e. The molecule has 2 N–H and O–H groups in total. The van der Waals surface area contributed by atoms with Gasteiger partial charge in [0.15, 0.2) is 0 Å². The minimum Gasteiger partial charge on any atom is -0.477 e. The van der Waals surface area contributed by atoms with Crippen LogP contribution in [-0.2, 0) is 4.74 Å². The lowest BCUT2D eigenvalue weighted by molar-refractivity contribution is 0.0702. The average molecular weight is 337 g/mol. The van der Waals surface area contributed by atoms with E-state index in [9.17, 15) is 9.59 Å². The van der Waals surface area contributed by atoms with Crippen LogP contribution < -0.4 is 5.32 Å². The number of ether oxygens (including phenoxy) is 1. The number of fused-ring (bicyclic) bond motifs is 1. The lowest BCUT2D eigenvalue weighted by Crippen LogP contribution is -2.48. The normalized spacial score (nSPS) is 21.1. The molecule has 1 aliphatic rings. The van der Waals surface area contributed by atoms with Gasteiger partial charge in [0, 0.05) is 12.0 Å². The molecule has 2 aromatic rings. The van der Waals surface area contributed by atoms with Crippen LogP contribution in [0.15, 0.2) is 24.8 Å². The van der Waals surface area contributed by atoms with Crippen LogP contribution in [0, 0.1) is 0 Å². The highest BCUT2D eigenvalue weighted by Gasteiger charge is 2.35. The predicted octanol–water partition coefficient (Wildman–Crippen LogP) is 3.13. The number of carboxylic acid groups (broad SMARTS) is 1. The summed E-state index contributed by atoms with van der Waals surface area (Å²) in [4.78, 5) is 24.3. The van der Waals surface area contributed by atoms with Gasteiger partial charge in [-0.15, -0.1) is 29.3 Å². The molecule has 22 heavy (non-hydrogen) atoms. The van der Waals surface area contributed by atoms with Crippen LogP contribution in [0.5, 0.6) is 0 Å². The molecule has 0 aromatic carbocycles. The number of hydrogen-bond donors (Lipinski definition) is 2. The van der Waals surface area contributed by atoms with E-state index >= 15 is 0 Å². The minimum absolute atomic E-state index is 0.141. The van der Waals surface area contributed by atoms with Crippen LogP contribution in [0.25, 0.3) is 9.40 Å². The number of carbonyl (C=O) groups excluding carboxylic acids is 1. The van der Waals surface area contributed by atoms with E-state index in [1.165, 1.54) is 22.7 Å². The monoisotopic (exact) mass is 337 g/mol. The molecule has 1 atom stereocenters. The highest BCUT2D eigenvalue weighted by atomic mass is 32.2. The zero-order chi connectivity index (χ0) is 15.7. The molecule has 116 valence electrons. The predicted molar refractivity (Wildman–Crippen MR) is 87.1 cm³/mol. The Kier molecular flexibility index (Phi) is 4.03. The number of thiophene rings is 2. The first-order valence-corrected chi connectivity index (χ1v) is 8.44. The Bertz CT molecular complexity index is 708. The van der Waals surface area contributed by atoms with Gasteiger partial charge < -0.3 is 15.2 Å². The van der Waals surface area contributed by atoms with E-state index in [0.717, 1.165) is 15.8 Å². The minimum atomic E-state index is -0.938. The van der Waals surface area contributed by atoms with E-state index in [0.29, 0.717) is 29.4 Å². The van der Waals surface area contributed by atoms with Gasteiger partial charge >= 0.3 is 5.97 Å². The van der Waals surface area contributed by atoms with E-state index < -0.39 is 5.97 Å². The van der Waals surface area contributed by atoms with Crippen molar-refractivity contribution in [1.29, 1.82) is 0 Å². The van der Waals surface area contributed by atoms with Gasteiger partial charge in [0.2, 0.25) is 0 Å². The maximum Gasteiger partial charge on any atom is 0.345 e. The molecular weight excluding hydrogens is 322 g/mol. The van der Waals surface area contributed by atoms with Crippen LogP contribution in [0.3, 0.4) is 0 Å². The molecule has 1 saturated heterocycles. The second-order valence-corrected chi connectivity index (χ2v) is 7.66. The third kappa shape index (κ3) is 2.79. The molecule has 5 nitrogen and oxygen atoms in total. The van der Waals surface area contributed by atoms with Crippen molar-refractivity contribution >= 4 is 43.9 Å². The fraction of sp³-hybridized carbons (Fsp3) is 0.333. The number of hydrogen-bond acceptors (Lipinski definition) is 5. The first-order valence-electron chi connectivity index (χ1n) is 6.81. The maximum absolute atomic E-state index is 12.5. The number of rotatable bonds is 5. The van der Waals surface area contributed by atoms with Gasteiger partial charge in [0.1, 0.15) is 4.88 Å². The van der Waals surface area contributed by atoms with Crippen molar-refractivity contribution in [1.82, 2.24) is 5.32 Å². The molecule has 0 bridgehead atoms. The zero-order valence-corrected chi connectivity index (χ0v) is 13.4. The number of amides is 1. The van der Waals surface area contributed by atoms with Crippen LogP contribution in [-0.4, -0.2) is 35.7 Å². The van der Waals surface area contributed by atoms with Crippen molar-refractivity contribution < 1.29 is 19.4 Å². The van der Waals surface area contributed by atoms with Crippen molar-refractivity contribution in [3.63, 3.8) is 0 Å². The number of aromatic carboxylic acids is 1. The van der Waals surface area contributed by atoms with E-state index in [-0.39, 0.29) is 11.4 Å². The molecule has 3 heterocycles. The summed E-state index contributed by atoms with van der Waals surface area (Å²) in [5, 5.41) is 12.8.